The van der Waals surface area contributed by atoms with Gasteiger partial charge < -0.3 is 23.7 Å². The predicted octanol–water partition coefficient (Wildman–Crippen LogP) is 7.85. The summed E-state index contributed by atoms with van der Waals surface area (Å²) in [6.07, 6.45) is -0.925. The van der Waals surface area contributed by atoms with Gasteiger partial charge in [-0.15, -0.1) is 0 Å². The van der Waals surface area contributed by atoms with Gasteiger partial charge in [0.1, 0.15) is 18.0 Å². The van der Waals surface area contributed by atoms with Crippen LogP contribution in [-0.2, 0) is 51.9 Å². The predicted molar refractivity (Wildman–Crippen MR) is 188 cm³/mol. The maximum atomic E-state index is 6.93. The molecule has 6 heteroatoms. The van der Waals surface area contributed by atoms with Crippen LogP contribution in [0.5, 0.6) is 5.75 Å². The molecule has 5 aromatic carbocycles. The Hall–Kier alpha value is -4.30. The lowest BCUT2D eigenvalue weighted by atomic mass is 9.92. The van der Waals surface area contributed by atoms with Crippen molar-refractivity contribution in [2.45, 2.75) is 57.3 Å². The minimum absolute atomic E-state index is 0.100. The number of methoxy groups -OCH3 is 1. The third-order valence-electron chi connectivity index (χ3n) is 8.78. The van der Waals surface area contributed by atoms with Crippen LogP contribution in [0, 0.1) is 0 Å². The van der Waals surface area contributed by atoms with Crippen molar-refractivity contribution in [3.8, 4) is 5.75 Å². The Bertz CT molecular complexity index is 1600. The van der Waals surface area contributed by atoms with Crippen molar-refractivity contribution in [1.82, 2.24) is 4.90 Å². The zero-order valence-corrected chi connectivity index (χ0v) is 27.6. The molecule has 6 nitrogen and oxygen atoms in total. The summed E-state index contributed by atoms with van der Waals surface area (Å²) in [5, 5.41) is 0. The molecule has 4 unspecified atom stereocenters. The lowest BCUT2D eigenvalue weighted by Gasteiger charge is -2.48. The summed E-state index contributed by atoms with van der Waals surface area (Å²) >= 11 is 0. The van der Waals surface area contributed by atoms with Gasteiger partial charge in [0.15, 0.2) is 0 Å². The van der Waals surface area contributed by atoms with E-state index < -0.39 is 0 Å². The van der Waals surface area contributed by atoms with Gasteiger partial charge in [-0.05, 0) is 39.9 Å². The number of piperidine rings is 1. The zero-order chi connectivity index (χ0) is 32.8. The van der Waals surface area contributed by atoms with E-state index in [0.29, 0.717) is 46.1 Å². The molecule has 1 heterocycles. The average Bonchev–Trinajstić information content (AvgIpc) is 3.15. The zero-order valence-electron chi connectivity index (χ0n) is 27.6. The highest BCUT2D eigenvalue weighted by Crippen LogP contribution is 2.31. The Kier molecular flexibility index (Phi) is 12.4. The number of rotatable bonds is 16. The minimum Gasteiger partial charge on any atom is -0.497 e. The van der Waals surface area contributed by atoms with Crippen molar-refractivity contribution >= 4 is 0 Å². The van der Waals surface area contributed by atoms with Crippen LogP contribution >= 0.6 is 0 Å². The topological polar surface area (TPSA) is 49.4 Å². The monoisotopic (exact) mass is 643 g/mol. The third-order valence-corrected chi connectivity index (χ3v) is 8.78. The van der Waals surface area contributed by atoms with E-state index in [1.54, 1.807) is 7.11 Å². The number of likely N-dealkylation sites (tertiary alicyclic amines) is 1. The molecule has 6 rings (SSSR count). The quantitative estimate of drug-likeness (QED) is 0.109. The highest BCUT2D eigenvalue weighted by atomic mass is 16.6. The number of hydrogen-bond acceptors (Lipinski definition) is 6. The summed E-state index contributed by atoms with van der Waals surface area (Å²) in [5.74, 6) is 0.836. The molecule has 48 heavy (non-hydrogen) atoms. The highest BCUT2D eigenvalue weighted by molar-refractivity contribution is 5.27. The van der Waals surface area contributed by atoms with Crippen LogP contribution in [0.25, 0.3) is 0 Å². The first-order valence-electron chi connectivity index (χ1n) is 16.7. The molecule has 1 saturated heterocycles. The van der Waals surface area contributed by atoms with E-state index in [0.717, 1.165) is 28.0 Å². The summed E-state index contributed by atoms with van der Waals surface area (Å²) in [6.45, 7) is 3.73. The van der Waals surface area contributed by atoms with E-state index in [4.69, 9.17) is 23.7 Å². The molecule has 0 spiro atoms. The first-order chi connectivity index (χ1) is 23.7. The molecule has 0 aromatic heterocycles. The molecule has 0 aliphatic carbocycles. The van der Waals surface area contributed by atoms with Crippen LogP contribution in [0.1, 0.15) is 27.8 Å². The second-order valence-electron chi connectivity index (χ2n) is 12.2. The maximum absolute atomic E-state index is 6.93. The van der Waals surface area contributed by atoms with Gasteiger partial charge in [0.05, 0.1) is 52.3 Å². The summed E-state index contributed by atoms with van der Waals surface area (Å²) in [4.78, 5) is 2.44. The van der Waals surface area contributed by atoms with Gasteiger partial charge in [0.2, 0.25) is 0 Å². The molecular weight excluding hydrogens is 598 g/mol. The lowest BCUT2D eigenvalue weighted by molar-refractivity contribution is -0.212. The molecule has 248 valence electrons. The molecule has 1 aliphatic heterocycles. The summed E-state index contributed by atoms with van der Waals surface area (Å²) in [5.41, 5.74) is 5.65. The molecule has 0 bridgehead atoms. The normalized spacial score (nSPS) is 19.6. The largest absolute Gasteiger partial charge is 0.497 e. The third kappa shape index (κ3) is 9.63. The van der Waals surface area contributed by atoms with Crippen molar-refractivity contribution in [3.05, 3.63) is 173 Å². The molecular formula is C42H45NO5. The first kappa shape index (κ1) is 33.6. The molecule has 5 aromatic rings. The van der Waals surface area contributed by atoms with Gasteiger partial charge in [0.25, 0.3) is 0 Å². The number of hydrogen-bond donors (Lipinski definition) is 0. The standard InChI is InChI=1S/C42H45NO5/c1-44-38-24-22-33(23-25-38)26-43-27-40(46-29-35-16-8-3-9-17-35)42(48-31-37-20-12-5-13-21-37)41(47-30-36-18-10-4-11-19-36)39(43)32-45-28-34-14-6-2-7-15-34/h2-25,39-42H,26-32H2,1H3. The van der Waals surface area contributed by atoms with E-state index in [9.17, 15) is 0 Å². The smallest absolute Gasteiger partial charge is 0.118 e. The number of nitrogens with zero attached hydrogens (tertiary/aromatic N) is 1. The fourth-order valence-corrected chi connectivity index (χ4v) is 6.19. The Balaban J connectivity index is 1.32. The molecule has 1 aliphatic rings. The van der Waals surface area contributed by atoms with Gasteiger partial charge in [-0.3, -0.25) is 4.90 Å². The summed E-state index contributed by atoms with van der Waals surface area (Å²) in [6, 6.07) is 49.4. The van der Waals surface area contributed by atoms with E-state index in [1.165, 1.54) is 5.56 Å². The van der Waals surface area contributed by atoms with Crippen LogP contribution in [0.2, 0.25) is 0 Å². The van der Waals surface area contributed by atoms with Gasteiger partial charge in [-0.2, -0.15) is 0 Å². The molecule has 0 amide bonds. The molecule has 0 saturated carbocycles. The molecule has 0 N–H and O–H groups in total. The minimum atomic E-state index is -0.338. The number of ether oxygens (including phenoxy) is 5. The fourth-order valence-electron chi connectivity index (χ4n) is 6.19. The Labute approximate surface area is 284 Å². The van der Waals surface area contributed by atoms with Gasteiger partial charge in [0, 0.05) is 13.1 Å². The van der Waals surface area contributed by atoms with Crippen molar-refractivity contribution in [2.75, 3.05) is 20.3 Å². The number of benzene rings is 5. The second kappa shape index (κ2) is 17.7. The van der Waals surface area contributed by atoms with Crippen LogP contribution in [-0.4, -0.2) is 49.5 Å². The lowest BCUT2D eigenvalue weighted by Crippen LogP contribution is -2.64. The van der Waals surface area contributed by atoms with Crippen LogP contribution < -0.4 is 4.74 Å². The summed E-state index contributed by atoms with van der Waals surface area (Å²) in [7, 11) is 1.69. The Morgan fingerprint density at radius 3 is 1.46 bits per heavy atom. The van der Waals surface area contributed by atoms with E-state index >= 15 is 0 Å². The molecule has 1 fully saturated rings. The fraction of sp³-hybridized carbons (Fsp3) is 0.286. The van der Waals surface area contributed by atoms with Crippen molar-refractivity contribution in [2.24, 2.45) is 0 Å². The Morgan fingerprint density at radius 2 is 0.958 bits per heavy atom. The van der Waals surface area contributed by atoms with E-state index in [2.05, 4.69) is 65.6 Å². The SMILES string of the molecule is COc1ccc(CN2CC(OCc3ccccc3)C(OCc3ccccc3)C(OCc3ccccc3)C2COCc2ccccc2)cc1. The molecule has 0 radical (unpaired) electrons. The second-order valence-corrected chi connectivity index (χ2v) is 12.2. The van der Waals surface area contributed by atoms with Crippen molar-refractivity contribution < 1.29 is 23.7 Å². The van der Waals surface area contributed by atoms with Crippen LogP contribution in [0.3, 0.4) is 0 Å². The van der Waals surface area contributed by atoms with Crippen molar-refractivity contribution in [1.29, 1.82) is 0 Å². The van der Waals surface area contributed by atoms with Gasteiger partial charge in [-0.25, -0.2) is 0 Å². The van der Waals surface area contributed by atoms with Crippen LogP contribution in [0.15, 0.2) is 146 Å². The molecule has 4 atom stereocenters. The highest BCUT2D eigenvalue weighted by Gasteiger charge is 2.46. The van der Waals surface area contributed by atoms with Gasteiger partial charge >= 0.3 is 0 Å². The maximum Gasteiger partial charge on any atom is 0.118 e. The summed E-state index contributed by atoms with van der Waals surface area (Å²) < 4.78 is 32.5. The van der Waals surface area contributed by atoms with E-state index in [-0.39, 0.29) is 24.4 Å². The first-order valence-corrected chi connectivity index (χ1v) is 16.7. The Morgan fingerprint density at radius 1 is 0.500 bits per heavy atom. The average molecular weight is 644 g/mol. The van der Waals surface area contributed by atoms with Crippen molar-refractivity contribution in [3.63, 3.8) is 0 Å². The van der Waals surface area contributed by atoms with Crippen LogP contribution in [0.4, 0.5) is 0 Å². The van der Waals surface area contributed by atoms with E-state index in [1.807, 2.05) is 84.9 Å². The van der Waals surface area contributed by atoms with Gasteiger partial charge in [-0.1, -0.05) is 133 Å².